The Bertz CT molecular complexity index is 1320. The second-order valence-corrected chi connectivity index (χ2v) is 9.74. The number of hydrogen-bond acceptors (Lipinski definition) is 11. The third-order valence-corrected chi connectivity index (χ3v) is 5.72. The Kier molecular flexibility index (Phi) is 9.71. The van der Waals surface area contributed by atoms with Crippen molar-refractivity contribution in [1.82, 2.24) is 15.0 Å². The number of hydrogen-bond donors (Lipinski definition) is 2. The van der Waals surface area contributed by atoms with Gasteiger partial charge < -0.3 is 29.6 Å². The van der Waals surface area contributed by atoms with Crippen LogP contribution in [0, 0.1) is 0 Å². The zero-order valence-corrected chi connectivity index (χ0v) is 21.8. The number of nitrogens with one attached hydrogen (secondary N) is 2. The molecule has 0 fully saturated rings. The summed E-state index contributed by atoms with van der Waals surface area (Å²) in [5.74, 6) is 1.06. The quantitative estimate of drug-likeness (QED) is 0.313. The molecule has 12 nitrogen and oxygen atoms in total. The normalized spacial score (nSPS) is 11.1. The highest BCUT2D eigenvalue weighted by molar-refractivity contribution is 7.90. The SMILES string of the molecule is COCCOc1ccc(-c2cnc(NC(C)=O)cc2Nc2cc(OCCOC)cc(S(C)(=O)=O)n2)nc1. The summed E-state index contributed by atoms with van der Waals surface area (Å²) in [4.78, 5) is 24.6. The monoisotopic (exact) mass is 531 g/mol. The summed E-state index contributed by atoms with van der Waals surface area (Å²) in [6.07, 6.45) is 4.17. The second-order valence-electron chi connectivity index (χ2n) is 7.78. The summed E-state index contributed by atoms with van der Waals surface area (Å²) in [5.41, 5.74) is 1.60. The summed E-state index contributed by atoms with van der Waals surface area (Å²) < 4.78 is 45.7. The molecule has 37 heavy (non-hydrogen) atoms. The van der Waals surface area contributed by atoms with Gasteiger partial charge >= 0.3 is 0 Å². The second kappa shape index (κ2) is 12.9. The Labute approximate surface area is 215 Å². The van der Waals surface area contributed by atoms with Gasteiger partial charge in [-0.1, -0.05) is 0 Å². The molecule has 3 aromatic heterocycles. The number of anilines is 3. The number of sulfone groups is 1. The van der Waals surface area contributed by atoms with Crippen LogP contribution in [-0.4, -0.2) is 76.2 Å². The van der Waals surface area contributed by atoms with Gasteiger partial charge in [0.15, 0.2) is 14.9 Å². The molecule has 0 radical (unpaired) electrons. The number of methoxy groups -OCH3 is 2. The number of amides is 1. The summed E-state index contributed by atoms with van der Waals surface area (Å²) in [5, 5.41) is 5.58. The zero-order valence-electron chi connectivity index (χ0n) is 21.0. The van der Waals surface area contributed by atoms with Crippen molar-refractivity contribution in [3.8, 4) is 22.8 Å². The van der Waals surface area contributed by atoms with Gasteiger partial charge in [-0.15, -0.1) is 0 Å². The highest BCUT2D eigenvalue weighted by Gasteiger charge is 2.16. The number of carbonyl (C=O) groups excluding carboxylic acids is 1. The molecule has 0 atom stereocenters. The molecule has 0 aliphatic carbocycles. The molecule has 13 heteroatoms. The van der Waals surface area contributed by atoms with Gasteiger partial charge in [-0.3, -0.25) is 9.78 Å². The molecular formula is C24H29N5O7S. The van der Waals surface area contributed by atoms with Crippen LogP contribution >= 0.6 is 0 Å². The first-order chi connectivity index (χ1) is 17.7. The maximum atomic E-state index is 12.3. The standard InChI is InChI=1S/C24H29N5O7S/c1-16(30)27-22-13-21(19(15-26-22)20-6-5-17(14-25-20)35-9-7-33-2)28-23-11-18(36-10-8-34-3)12-24(29-23)37(4,31)32/h5-6,11-15H,7-10H2,1-4H3,(H2,26,27,28,29,30). The van der Waals surface area contributed by atoms with E-state index < -0.39 is 9.84 Å². The lowest BCUT2D eigenvalue weighted by molar-refractivity contribution is -0.114. The molecular weight excluding hydrogens is 502 g/mol. The van der Waals surface area contributed by atoms with E-state index in [1.807, 2.05) is 0 Å². The molecule has 198 valence electrons. The maximum Gasteiger partial charge on any atom is 0.222 e. The highest BCUT2D eigenvalue weighted by Crippen LogP contribution is 2.32. The molecule has 0 saturated carbocycles. The van der Waals surface area contributed by atoms with Crippen LogP contribution in [0.5, 0.6) is 11.5 Å². The molecule has 0 aliphatic rings. The van der Waals surface area contributed by atoms with Crippen molar-refractivity contribution in [1.29, 1.82) is 0 Å². The Morgan fingerprint density at radius 3 is 2.19 bits per heavy atom. The van der Waals surface area contributed by atoms with Crippen LogP contribution in [0.25, 0.3) is 11.3 Å². The fourth-order valence-corrected chi connectivity index (χ4v) is 3.67. The highest BCUT2D eigenvalue weighted by atomic mass is 32.2. The largest absolute Gasteiger partial charge is 0.491 e. The average molecular weight is 532 g/mol. The summed E-state index contributed by atoms with van der Waals surface area (Å²) in [6.45, 7) is 2.74. The average Bonchev–Trinajstić information content (AvgIpc) is 2.84. The van der Waals surface area contributed by atoms with Crippen LogP contribution in [0.3, 0.4) is 0 Å². The smallest absolute Gasteiger partial charge is 0.222 e. The number of nitrogens with zero attached hydrogens (tertiary/aromatic N) is 3. The Balaban J connectivity index is 1.99. The number of carbonyl (C=O) groups is 1. The number of aromatic nitrogens is 3. The van der Waals surface area contributed by atoms with E-state index in [0.29, 0.717) is 48.3 Å². The maximum absolute atomic E-state index is 12.3. The van der Waals surface area contributed by atoms with Crippen molar-refractivity contribution in [2.45, 2.75) is 11.9 Å². The molecule has 0 bridgehead atoms. The van der Waals surface area contributed by atoms with E-state index >= 15 is 0 Å². The minimum absolute atomic E-state index is 0.168. The summed E-state index contributed by atoms with van der Waals surface area (Å²) >= 11 is 0. The topological polar surface area (TPSA) is 151 Å². The molecule has 3 aromatic rings. The van der Waals surface area contributed by atoms with Gasteiger partial charge in [0.05, 0.1) is 30.8 Å². The van der Waals surface area contributed by atoms with Crippen molar-refractivity contribution in [3.05, 3.63) is 42.7 Å². The van der Waals surface area contributed by atoms with Crippen LogP contribution in [-0.2, 0) is 24.1 Å². The van der Waals surface area contributed by atoms with Gasteiger partial charge in [0, 0.05) is 57.4 Å². The summed E-state index contributed by atoms with van der Waals surface area (Å²) in [6, 6.07) is 8.01. The molecule has 1 amide bonds. The molecule has 0 unspecified atom stereocenters. The Morgan fingerprint density at radius 2 is 1.59 bits per heavy atom. The van der Waals surface area contributed by atoms with Crippen molar-refractivity contribution < 1.29 is 32.2 Å². The number of rotatable bonds is 13. The minimum atomic E-state index is -3.64. The minimum Gasteiger partial charge on any atom is -0.491 e. The Hall–Kier alpha value is -3.81. The fraction of sp³-hybridized carbons (Fsp3) is 0.333. The molecule has 0 aliphatic heterocycles. The van der Waals surface area contributed by atoms with E-state index in [1.54, 1.807) is 37.6 Å². The third-order valence-electron chi connectivity index (χ3n) is 4.75. The summed E-state index contributed by atoms with van der Waals surface area (Å²) in [7, 11) is -0.513. The Morgan fingerprint density at radius 1 is 0.892 bits per heavy atom. The first kappa shape index (κ1) is 27.8. The molecule has 0 aromatic carbocycles. The first-order valence-electron chi connectivity index (χ1n) is 11.2. The van der Waals surface area contributed by atoms with Crippen LogP contribution in [0.15, 0.2) is 47.8 Å². The predicted molar refractivity (Wildman–Crippen MR) is 137 cm³/mol. The van der Waals surface area contributed by atoms with E-state index in [9.17, 15) is 13.2 Å². The molecule has 0 saturated heterocycles. The van der Waals surface area contributed by atoms with Gasteiger partial charge in [-0.25, -0.2) is 18.4 Å². The third kappa shape index (κ3) is 8.37. The van der Waals surface area contributed by atoms with Gasteiger partial charge in [-0.2, -0.15) is 0 Å². The number of ether oxygens (including phenoxy) is 4. The zero-order chi connectivity index (χ0) is 26.8. The lowest BCUT2D eigenvalue weighted by atomic mass is 10.1. The van der Waals surface area contributed by atoms with E-state index in [0.717, 1.165) is 6.26 Å². The van der Waals surface area contributed by atoms with E-state index in [1.165, 1.54) is 26.3 Å². The van der Waals surface area contributed by atoms with Gasteiger partial charge in [0.2, 0.25) is 5.91 Å². The first-order valence-corrected chi connectivity index (χ1v) is 13.1. The van der Waals surface area contributed by atoms with Crippen molar-refractivity contribution in [3.63, 3.8) is 0 Å². The van der Waals surface area contributed by atoms with Crippen LogP contribution < -0.4 is 20.1 Å². The lowest BCUT2D eigenvalue weighted by Crippen LogP contribution is -2.10. The predicted octanol–water partition coefficient (Wildman–Crippen LogP) is 2.69. The molecule has 2 N–H and O–H groups in total. The molecule has 3 rings (SSSR count). The van der Waals surface area contributed by atoms with Gasteiger partial charge in [0.1, 0.15) is 36.3 Å². The van der Waals surface area contributed by atoms with Crippen molar-refractivity contribution >= 4 is 33.1 Å². The van der Waals surface area contributed by atoms with Crippen LogP contribution in [0.2, 0.25) is 0 Å². The lowest BCUT2D eigenvalue weighted by Gasteiger charge is -2.15. The fourth-order valence-electron chi connectivity index (χ4n) is 3.08. The van der Waals surface area contributed by atoms with Crippen LogP contribution in [0.1, 0.15) is 6.92 Å². The van der Waals surface area contributed by atoms with Crippen molar-refractivity contribution in [2.24, 2.45) is 0 Å². The van der Waals surface area contributed by atoms with Gasteiger partial charge in [-0.05, 0) is 12.1 Å². The van der Waals surface area contributed by atoms with E-state index in [4.69, 9.17) is 18.9 Å². The van der Waals surface area contributed by atoms with E-state index in [2.05, 4.69) is 25.6 Å². The molecule has 3 heterocycles. The number of pyridine rings is 3. The van der Waals surface area contributed by atoms with E-state index in [-0.39, 0.29) is 29.2 Å². The molecule has 0 spiro atoms. The van der Waals surface area contributed by atoms with Gasteiger partial charge in [0.25, 0.3) is 0 Å². The van der Waals surface area contributed by atoms with Crippen molar-refractivity contribution in [2.75, 3.05) is 57.5 Å². The van der Waals surface area contributed by atoms with Crippen LogP contribution in [0.4, 0.5) is 17.3 Å².